The monoisotopic (exact) mass is 399 g/mol. The molecule has 4 N–H and O–H groups in total. The normalized spacial score (nSPS) is 13.9. The number of halogens is 1. The number of carbonyl (C=O) groups excluding carboxylic acids is 2. The van der Waals surface area contributed by atoms with Crippen molar-refractivity contribution in [3.8, 4) is 0 Å². The number of carbonyl (C=O) groups is 4. The highest BCUT2D eigenvalue weighted by atomic mass is 35.5. The van der Waals surface area contributed by atoms with E-state index >= 15 is 0 Å². The second-order valence-corrected chi connectivity index (χ2v) is 7.01. The number of carboxylic acid groups (broad SMARTS) is 2. The zero-order chi connectivity index (χ0) is 21.6. The summed E-state index contributed by atoms with van der Waals surface area (Å²) in [5.74, 6) is -4.13. The Morgan fingerprint density at radius 1 is 1.19 bits per heavy atom. The van der Waals surface area contributed by atoms with Crippen LogP contribution < -0.4 is 10.6 Å². The molecule has 0 saturated carbocycles. The molecule has 0 unspecified atom stereocenters. The van der Waals surface area contributed by atoms with Gasteiger partial charge in [-0.25, -0.2) is 4.79 Å². The molecular formula is C18H23ClN2O6. The number of rotatable bonds is 9. The molecule has 1 aromatic rings. The molecule has 0 aromatic heterocycles. The van der Waals surface area contributed by atoms with Crippen LogP contribution in [0.15, 0.2) is 24.3 Å². The van der Waals surface area contributed by atoms with Crippen LogP contribution in [0.3, 0.4) is 0 Å². The van der Waals surface area contributed by atoms with Gasteiger partial charge in [-0.05, 0) is 44.9 Å². The van der Waals surface area contributed by atoms with E-state index in [4.69, 9.17) is 23.2 Å². The van der Waals surface area contributed by atoms with Gasteiger partial charge in [-0.3, -0.25) is 14.4 Å². The van der Waals surface area contributed by atoms with Crippen LogP contribution in [0.2, 0.25) is 6.43 Å². The third kappa shape index (κ3) is 6.56. The smallest absolute Gasteiger partial charge is 0.326 e. The third-order valence-electron chi connectivity index (χ3n) is 4.05. The van der Waals surface area contributed by atoms with Crippen molar-refractivity contribution in [1.29, 1.82) is 0 Å². The standard InChI is InChI=1S/C18H23ClN2O6/c1-10(15(24)21-13(16(25)26)8-9-14(22)23)20-17(27)18(2,3)11-4-6-12(19)7-5-11/h4-7,10,13H,8-9H2,1-3H3,(H,20,27)(H,21,24)(H,22,23)(H,25,26)/t10-,13+/m1/s1/i/hD. The van der Waals surface area contributed by atoms with Crippen LogP contribution in [0.5, 0.6) is 0 Å². The summed E-state index contributed by atoms with van der Waals surface area (Å²) in [6.07, 6.45) is -0.760. The minimum atomic E-state index is -1.43. The molecule has 1 aromatic carbocycles. The molecule has 0 spiro atoms. The second kappa shape index (κ2) is 9.36. The van der Waals surface area contributed by atoms with Crippen LogP contribution in [-0.2, 0) is 24.6 Å². The first-order valence-corrected chi connectivity index (χ1v) is 8.59. The molecule has 0 saturated heterocycles. The number of hydrogen-bond acceptors (Lipinski definition) is 4. The van der Waals surface area contributed by atoms with Crippen molar-refractivity contribution in [3.05, 3.63) is 34.9 Å². The van der Waals surface area contributed by atoms with E-state index in [1.807, 2.05) is 0 Å². The molecule has 0 fully saturated rings. The summed E-state index contributed by atoms with van der Waals surface area (Å²) in [5.41, 5.74) is -0.534. The quantitative estimate of drug-likeness (QED) is 0.498. The molecule has 0 radical (unpaired) electrons. The third-order valence-corrected chi connectivity index (χ3v) is 4.30. The Morgan fingerprint density at radius 3 is 2.22 bits per heavy atom. The number of amides is 2. The van der Waals surface area contributed by atoms with Gasteiger partial charge in [-0.2, -0.15) is 0 Å². The molecule has 0 bridgehead atoms. The van der Waals surface area contributed by atoms with E-state index in [0.717, 1.165) is 0 Å². The van der Waals surface area contributed by atoms with Crippen molar-refractivity contribution in [1.82, 2.24) is 10.6 Å². The highest BCUT2D eigenvalue weighted by Gasteiger charge is 2.32. The predicted molar refractivity (Wildman–Crippen MR) is 98.5 cm³/mol. The van der Waals surface area contributed by atoms with Gasteiger partial charge >= 0.3 is 11.9 Å². The van der Waals surface area contributed by atoms with Crippen molar-refractivity contribution >= 4 is 35.4 Å². The molecule has 0 aliphatic carbocycles. The Hall–Kier alpha value is -2.61. The SMILES string of the molecule is [2H]N(C(=O)C(C)(C)c1ccc(Cl)cc1)[C@H](C)C(=O)N[C@@H](CCC(=O)O)C(=O)O. The van der Waals surface area contributed by atoms with E-state index in [2.05, 4.69) is 5.32 Å². The average molecular weight is 400 g/mol. The highest BCUT2D eigenvalue weighted by Crippen LogP contribution is 2.25. The maximum absolute atomic E-state index is 12.8. The summed E-state index contributed by atoms with van der Waals surface area (Å²) < 4.78 is 8.04. The molecule has 9 heteroatoms. The predicted octanol–water partition coefficient (Wildman–Crippen LogP) is 1.56. The average Bonchev–Trinajstić information content (AvgIpc) is 2.62. The van der Waals surface area contributed by atoms with Crippen molar-refractivity contribution < 1.29 is 30.8 Å². The van der Waals surface area contributed by atoms with Gasteiger partial charge in [0.25, 0.3) is 0 Å². The van der Waals surface area contributed by atoms with E-state index in [1.165, 1.54) is 6.92 Å². The van der Waals surface area contributed by atoms with Gasteiger partial charge < -0.3 is 20.8 Å². The Bertz CT molecular complexity index is 753. The lowest BCUT2D eigenvalue weighted by molar-refractivity contribution is -0.143. The van der Waals surface area contributed by atoms with Gasteiger partial charge in [-0.1, -0.05) is 23.7 Å². The van der Waals surface area contributed by atoms with Crippen LogP contribution in [0.1, 0.15) is 39.2 Å². The number of hydrogen-bond donors (Lipinski definition) is 4. The van der Waals surface area contributed by atoms with E-state index < -0.39 is 47.7 Å². The van der Waals surface area contributed by atoms with Gasteiger partial charge in [-0.15, -0.1) is 0 Å². The Balaban J connectivity index is 2.88. The zero-order valence-electron chi connectivity index (χ0n) is 16.2. The summed E-state index contributed by atoms with van der Waals surface area (Å²) in [6.45, 7) is 4.48. The molecule has 1 rings (SSSR count). The number of carboxylic acids is 2. The fourth-order valence-corrected chi connectivity index (χ4v) is 2.33. The molecule has 2 amide bonds. The second-order valence-electron chi connectivity index (χ2n) is 6.57. The van der Waals surface area contributed by atoms with E-state index in [9.17, 15) is 19.2 Å². The molecule has 8 nitrogen and oxygen atoms in total. The molecule has 2 atom stereocenters. The minimum Gasteiger partial charge on any atom is -0.481 e. The lowest BCUT2D eigenvalue weighted by Gasteiger charge is -2.26. The minimum absolute atomic E-state index is 0.314. The largest absolute Gasteiger partial charge is 0.481 e. The number of nitrogens with one attached hydrogen (secondary N) is 2. The first-order valence-electron chi connectivity index (χ1n) is 8.66. The van der Waals surface area contributed by atoms with E-state index in [-0.39, 0.29) is 6.42 Å². The molecule has 0 heterocycles. The lowest BCUT2D eigenvalue weighted by Crippen LogP contribution is -2.53. The van der Waals surface area contributed by atoms with E-state index in [1.54, 1.807) is 38.1 Å². The van der Waals surface area contributed by atoms with Crippen LogP contribution in [0.25, 0.3) is 0 Å². The van der Waals surface area contributed by atoms with Gasteiger partial charge in [0.05, 0.1) is 5.41 Å². The summed E-state index contributed by atoms with van der Waals surface area (Å²) in [5, 5.41) is 20.9. The summed E-state index contributed by atoms with van der Waals surface area (Å²) in [7, 11) is 0. The van der Waals surface area contributed by atoms with Crippen molar-refractivity contribution in [2.75, 3.05) is 0 Å². The fraction of sp³-hybridized carbons (Fsp3) is 0.444. The highest BCUT2D eigenvalue weighted by molar-refractivity contribution is 6.30. The van der Waals surface area contributed by atoms with Gasteiger partial charge in [0.2, 0.25) is 11.8 Å². The topological polar surface area (TPSA) is 133 Å². The van der Waals surface area contributed by atoms with E-state index in [0.29, 0.717) is 15.9 Å². The maximum atomic E-state index is 12.8. The van der Waals surface area contributed by atoms with Crippen molar-refractivity contribution in [3.63, 3.8) is 0 Å². The molecule has 0 aliphatic rings. The van der Waals surface area contributed by atoms with Gasteiger partial charge in [0.1, 0.15) is 12.1 Å². The molecular weight excluding hydrogens is 376 g/mol. The van der Waals surface area contributed by atoms with Gasteiger partial charge in [0.15, 0.2) is 1.41 Å². The maximum Gasteiger partial charge on any atom is 0.326 e. The van der Waals surface area contributed by atoms with Gasteiger partial charge in [0, 0.05) is 11.4 Å². The van der Waals surface area contributed by atoms with Crippen LogP contribution in [-0.4, -0.2) is 46.0 Å². The fourth-order valence-electron chi connectivity index (χ4n) is 2.20. The van der Waals surface area contributed by atoms with Crippen LogP contribution in [0, 0.1) is 0 Å². The first-order chi connectivity index (χ1) is 12.9. The van der Waals surface area contributed by atoms with Crippen molar-refractivity contribution in [2.45, 2.75) is 51.1 Å². The molecule has 0 aliphatic heterocycles. The van der Waals surface area contributed by atoms with Crippen LogP contribution in [0.4, 0.5) is 0 Å². The molecule has 148 valence electrons. The first kappa shape index (κ1) is 20.7. The summed E-state index contributed by atoms with van der Waals surface area (Å²) in [6, 6.07) is 3.78. The number of aliphatic carboxylic acids is 2. The Morgan fingerprint density at radius 2 is 1.74 bits per heavy atom. The Kier molecular flexibility index (Phi) is 7.18. The van der Waals surface area contributed by atoms with Crippen molar-refractivity contribution in [2.24, 2.45) is 0 Å². The number of benzene rings is 1. The zero-order valence-corrected chi connectivity index (χ0v) is 16.0. The Labute approximate surface area is 163 Å². The molecule has 27 heavy (non-hydrogen) atoms. The summed E-state index contributed by atoms with van der Waals surface area (Å²) >= 11 is 5.85. The lowest BCUT2D eigenvalue weighted by atomic mass is 9.83. The van der Waals surface area contributed by atoms with Crippen LogP contribution >= 0.6 is 11.6 Å². The summed E-state index contributed by atoms with van der Waals surface area (Å²) in [4.78, 5) is 46.9.